The highest BCUT2D eigenvalue weighted by Crippen LogP contribution is 2.20. The molecule has 2 aromatic carbocycles. The van der Waals surface area contributed by atoms with Crippen LogP contribution < -0.4 is 11.4 Å². The van der Waals surface area contributed by atoms with Crippen LogP contribution in [0.5, 0.6) is 0 Å². The van der Waals surface area contributed by atoms with E-state index in [-0.39, 0.29) is 5.91 Å². The lowest BCUT2D eigenvalue weighted by atomic mass is 10.1. The van der Waals surface area contributed by atoms with Crippen LogP contribution in [0.4, 0.5) is 5.69 Å². The topological polar surface area (TPSA) is 80.9 Å². The number of hydrogen-bond donors (Lipinski definition) is 2. The van der Waals surface area contributed by atoms with Gasteiger partial charge in [-0.2, -0.15) is 0 Å². The maximum atomic E-state index is 12.6. The largest absolute Gasteiger partial charge is 0.398 e. The summed E-state index contributed by atoms with van der Waals surface area (Å²) in [7, 11) is 0. The molecule has 1 heterocycles. The molecule has 0 amide bonds. The van der Waals surface area contributed by atoms with Crippen LogP contribution in [0.2, 0.25) is 0 Å². The fourth-order valence-electron chi connectivity index (χ4n) is 2.23. The van der Waals surface area contributed by atoms with Crippen molar-refractivity contribution in [1.82, 2.24) is 9.55 Å². The smallest absolute Gasteiger partial charge is 0.333 e. The van der Waals surface area contributed by atoms with Crippen LogP contribution in [0.15, 0.2) is 45.7 Å². The van der Waals surface area contributed by atoms with E-state index >= 15 is 0 Å². The molecule has 5 nitrogen and oxygen atoms in total. The first-order valence-electron chi connectivity index (χ1n) is 6.28. The highest BCUT2D eigenvalue weighted by atomic mass is 79.9. The van der Waals surface area contributed by atoms with Crippen molar-refractivity contribution in [3.63, 3.8) is 0 Å². The molecule has 0 aliphatic rings. The van der Waals surface area contributed by atoms with Gasteiger partial charge >= 0.3 is 5.69 Å². The summed E-state index contributed by atoms with van der Waals surface area (Å²) >= 11 is 3.32. The SMILES string of the molecule is Cc1cc2c(cc1N)[nH]c(=O)n2C(=O)c1cccc(Br)c1. The molecule has 6 heteroatoms. The molecule has 0 saturated carbocycles. The minimum Gasteiger partial charge on any atom is -0.398 e. The van der Waals surface area contributed by atoms with Crippen LogP contribution in [0.1, 0.15) is 15.9 Å². The van der Waals surface area contributed by atoms with Crippen LogP contribution in [0.25, 0.3) is 11.0 Å². The van der Waals surface area contributed by atoms with Crippen LogP contribution in [0.3, 0.4) is 0 Å². The molecule has 0 unspecified atom stereocenters. The van der Waals surface area contributed by atoms with E-state index < -0.39 is 5.69 Å². The van der Waals surface area contributed by atoms with Crippen molar-refractivity contribution >= 4 is 38.6 Å². The number of imidazole rings is 1. The third-order valence-corrected chi connectivity index (χ3v) is 3.84. The Morgan fingerprint density at radius 2 is 2.05 bits per heavy atom. The second kappa shape index (κ2) is 4.89. The summed E-state index contributed by atoms with van der Waals surface area (Å²) in [6.45, 7) is 1.83. The van der Waals surface area contributed by atoms with E-state index in [0.717, 1.165) is 14.6 Å². The van der Waals surface area contributed by atoms with E-state index in [1.807, 2.05) is 13.0 Å². The van der Waals surface area contributed by atoms with Crippen molar-refractivity contribution in [3.8, 4) is 0 Å². The Morgan fingerprint density at radius 3 is 2.76 bits per heavy atom. The fraction of sp³-hybridized carbons (Fsp3) is 0.0667. The van der Waals surface area contributed by atoms with E-state index in [1.165, 1.54) is 0 Å². The average molecular weight is 346 g/mol. The molecular weight excluding hydrogens is 334 g/mol. The number of nitrogen functional groups attached to an aromatic ring is 1. The van der Waals surface area contributed by atoms with Crippen LogP contribution in [-0.4, -0.2) is 15.5 Å². The van der Waals surface area contributed by atoms with Crippen molar-refractivity contribution in [2.24, 2.45) is 0 Å². The first kappa shape index (κ1) is 13.6. The van der Waals surface area contributed by atoms with Gasteiger partial charge in [0.05, 0.1) is 11.0 Å². The second-order valence-electron chi connectivity index (χ2n) is 4.81. The maximum absolute atomic E-state index is 12.6. The number of benzene rings is 2. The number of aromatic nitrogens is 2. The number of nitrogens with one attached hydrogen (secondary N) is 1. The first-order valence-corrected chi connectivity index (χ1v) is 7.08. The summed E-state index contributed by atoms with van der Waals surface area (Å²) in [5.74, 6) is -0.378. The zero-order valence-corrected chi connectivity index (χ0v) is 12.8. The minimum absolute atomic E-state index is 0.378. The van der Waals surface area contributed by atoms with Gasteiger partial charge in [-0.15, -0.1) is 0 Å². The molecule has 0 spiro atoms. The molecule has 3 aromatic rings. The van der Waals surface area contributed by atoms with Gasteiger partial charge in [0.15, 0.2) is 0 Å². The number of anilines is 1. The molecule has 0 atom stereocenters. The second-order valence-corrected chi connectivity index (χ2v) is 5.72. The summed E-state index contributed by atoms with van der Waals surface area (Å²) in [5, 5.41) is 0. The predicted octanol–water partition coefficient (Wildman–Crippen LogP) is 2.67. The van der Waals surface area contributed by atoms with Gasteiger partial charge in [0, 0.05) is 15.7 Å². The van der Waals surface area contributed by atoms with Crippen LogP contribution >= 0.6 is 15.9 Å². The summed E-state index contributed by atoms with van der Waals surface area (Å²) in [6, 6.07) is 10.3. The standard InChI is InChI=1S/C15H12BrN3O2/c1-8-5-13-12(7-11(8)17)18-15(21)19(13)14(20)9-3-2-4-10(16)6-9/h2-7H,17H2,1H3,(H,18,21). The molecule has 0 aliphatic heterocycles. The Bertz CT molecular complexity index is 924. The molecule has 1 aromatic heterocycles. The fourth-order valence-corrected chi connectivity index (χ4v) is 2.63. The number of hydrogen-bond acceptors (Lipinski definition) is 3. The van der Waals surface area contributed by atoms with Gasteiger partial charge in [0.1, 0.15) is 0 Å². The molecule has 21 heavy (non-hydrogen) atoms. The maximum Gasteiger partial charge on any atom is 0.333 e. The normalized spacial score (nSPS) is 11.0. The summed E-state index contributed by atoms with van der Waals surface area (Å²) in [5.41, 5.74) is 8.25. The third kappa shape index (κ3) is 2.27. The molecule has 3 N–H and O–H groups in total. The molecular formula is C15H12BrN3O2. The number of aromatic amines is 1. The number of H-pyrrole nitrogens is 1. The molecule has 3 rings (SSSR count). The lowest BCUT2D eigenvalue weighted by Crippen LogP contribution is -2.24. The van der Waals surface area contributed by atoms with E-state index in [4.69, 9.17) is 5.73 Å². The molecule has 106 valence electrons. The zero-order valence-electron chi connectivity index (χ0n) is 11.2. The number of nitrogens with zero attached hydrogens (tertiary/aromatic N) is 1. The monoisotopic (exact) mass is 345 g/mol. The highest BCUT2D eigenvalue weighted by Gasteiger charge is 2.16. The number of carbonyl (C=O) groups excluding carboxylic acids is 1. The summed E-state index contributed by atoms with van der Waals surface area (Å²) in [4.78, 5) is 27.3. The summed E-state index contributed by atoms with van der Waals surface area (Å²) < 4.78 is 1.91. The summed E-state index contributed by atoms with van der Waals surface area (Å²) in [6.07, 6.45) is 0. The van der Waals surface area contributed by atoms with E-state index in [0.29, 0.717) is 22.3 Å². The first-order chi connectivity index (χ1) is 9.97. The van der Waals surface area contributed by atoms with Crippen molar-refractivity contribution in [2.75, 3.05) is 5.73 Å². The van der Waals surface area contributed by atoms with Gasteiger partial charge in [-0.05, 0) is 42.8 Å². The molecule has 0 saturated heterocycles. The average Bonchev–Trinajstić information content (AvgIpc) is 2.74. The quantitative estimate of drug-likeness (QED) is 0.665. The van der Waals surface area contributed by atoms with Gasteiger partial charge in [0.2, 0.25) is 0 Å². The van der Waals surface area contributed by atoms with Crippen LogP contribution in [0, 0.1) is 6.92 Å². The van der Waals surface area contributed by atoms with E-state index in [2.05, 4.69) is 20.9 Å². The van der Waals surface area contributed by atoms with E-state index in [9.17, 15) is 9.59 Å². The number of rotatable bonds is 1. The molecule has 0 radical (unpaired) electrons. The molecule has 0 bridgehead atoms. The third-order valence-electron chi connectivity index (χ3n) is 3.34. The Kier molecular flexibility index (Phi) is 3.17. The lowest BCUT2D eigenvalue weighted by Gasteiger charge is -2.05. The van der Waals surface area contributed by atoms with Crippen molar-refractivity contribution in [3.05, 3.63) is 62.5 Å². The van der Waals surface area contributed by atoms with E-state index in [1.54, 1.807) is 30.3 Å². The number of halogens is 1. The Balaban J connectivity index is 2.25. The molecule has 0 aliphatic carbocycles. The lowest BCUT2D eigenvalue weighted by molar-refractivity contribution is 0.0961. The number of fused-ring (bicyclic) bond motifs is 1. The zero-order chi connectivity index (χ0) is 15.1. The molecule has 0 fully saturated rings. The Labute approximate surface area is 128 Å². The van der Waals surface area contributed by atoms with Crippen molar-refractivity contribution in [1.29, 1.82) is 0 Å². The van der Waals surface area contributed by atoms with Gasteiger partial charge < -0.3 is 10.7 Å². The van der Waals surface area contributed by atoms with Crippen molar-refractivity contribution in [2.45, 2.75) is 6.92 Å². The van der Waals surface area contributed by atoms with Crippen LogP contribution in [-0.2, 0) is 0 Å². The minimum atomic E-state index is -0.472. The van der Waals surface area contributed by atoms with Gasteiger partial charge in [0.25, 0.3) is 5.91 Å². The van der Waals surface area contributed by atoms with Gasteiger partial charge in [-0.3, -0.25) is 4.79 Å². The number of carbonyl (C=O) groups is 1. The number of nitrogens with two attached hydrogens (primary N) is 1. The van der Waals surface area contributed by atoms with Gasteiger partial charge in [-0.1, -0.05) is 22.0 Å². The Hall–Kier alpha value is -2.34. The van der Waals surface area contributed by atoms with Gasteiger partial charge in [-0.25, -0.2) is 9.36 Å². The predicted molar refractivity (Wildman–Crippen MR) is 85.6 cm³/mol. The number of aryl methyl sites for hydroxylation is 1. The Morgan fingerprint density at radius 1 is 1.29 bits per heavy atom. The van der Waals surface area contributed by atoms with Crippen molar-refractivity contribution < 1.29 is 4.79 Å². The highest BCUT2D eigenvalue weighted by molar-refractivity contribution is 9.10.